The zero-order chi connectivity index (χ0) is 9.26. The molecule has 4 unspecified atom stereocenters. The highest BCUT2D eigenvalue weighted by Crippen LogP contribution is 2.30. The van der Waals surface area contributed by atoms with Crippen molar-refractivity contribution in [1.29, 1.82) is 0 Å². The molecule has 1 N–H and O–H groups in total. The minimum absolute atomic E-state index is 0.844. The van der Waals surface area contributed by atoms with Gasteiger partial charge in [-0.2, -0.15) is 0 Å². The molecule has 1 heteroatoms. The van der Waals surface area contributed by atoms with Crippen molar-refractivity contribution in [1.82, 2.24) is 5.32 Å². The fourth-order valence-electron chi connectivity index (χ4n) is 2.80. The second-order valence-electron chi connectivity index (χ2n) is 5.30. The van der Waals surface area contributed by atoms with Gasteiger partial charge in [0, 0.05) is 12.1 Å². The van der Waals surface area contributed by atoms with Crippen molar-refractivity contribution >= 4 is 0 Å². The summed E-state index contributed by atoms with van der Waals surface area (Å²) in [7, 11) is 0. The molecular weight excluding hydrogens is 158 g/mol. The Morgan fingerprint density at radius 2 is 1.85 bits per heavy atom. The van der Waals surface area contributed by atoms with Crippen molar-refractivity contribution in [3.05, 3.63) is 0 Å². The largest absolute Gasteiger partial charge is 0.311 e. The molecule has 0 spiro atoms. The van der Waals surface area contributed by atoms with Crippen molar-refractivity contribution in [2.75, 3.05) is 0 Å². The smallest absolute Gasteiger partial charge is 0.00954 e. The summed E-state index contributed by atoms with van der Waals surface area (Å²) in [6, 6.07) is 1.70. The predicted molar refractivity (Wildman–Crippen MR) is 56.7 cm³/mol. The van der Waals surface area contributed by atoms with Crippen LogP contribution < -0.4 is 5.32 Å². The molecule has 0 aliphatic heterocycles. The molecule has 0 amide bonds. The molecule has 76 valence electrons. The first-order chi connectivity index (χ1) is 6.25. The maximum Gasteiger partial charge on any atom is 0.00954 e. The first kappa shape index (κ1) is 9.51. The van der Waals surface area contributed by atoms with Crippen LogP contribution in [0.15, 0.2) is 0 Å². The zero-order valence-electron chi connectivity index (χ0n) is 9.05. The molecule has 2 fully saturated rings. The molecule has 2 aliphatic rings. The number of hydrogen-bond acceptors (Lipinski definition) is 1. The molecular formula is C12H23N. The lowest BCUT2D eigenvalue weighted by Crippen LogP contribution is -2.48. The molecule has 0 radical (unpaired) electrons. The Morgan fingerprint density at radius 1 is 1.00 bits per heavy atom. The van der Waals surface area contributed by atoms with Gasteiger partial charge < -0.3 is 5.32 Å². The van der Waals surface area contributed by atoms with Crippen LogP contribution in [0.1, 0.15) is 52.4 Å². The van der Waals surface area contributed by atoms with Crippen molar-refractivity contribution in [2.24, 2.45) is 11.8 Å². The molecule has 2 saturated carbocycles. The zero-order valence-corrected chi connectivity index (χ0v) is 9.05. The Bertz CT molecular complexity index is 167. The van der Waals surface area contributed by atoms with Gasteiger partial charge in [-0.1, -0.05) is 26.7 Å². The molecule has 0 aromatic rings. The summed E-state index contributed by atoms with van der Waals surface area (Å²) in [6.07, 6.45) is 8.61. The maximum atomic E-state index is 3.84. The van der Waals surface area contributed by atoms with Gasteiger partial charge in [0.1, 0.15) is 0 Å². The van der Waals surface area contributed by atoms with E-state index in [4.69, 9.17) is 0 Å². The highest BCUT2D eigenvalue weighted by atomic mass is 15.0. The quantitative estimate of drug-likeness (QED) is 0.690. The Morgan fingerprint density at radius 3 is 2.38 bits per heavy atom. The third-order valence-corrected chi connectivity index (χ3v) is 4.01. The van der Waals surface area contributed by atoms with Gasteiger partial charge in [-0.15, -0.1) is 0 Å². The summed E-state index contributed by atoms with van der Waals surface area (Å²) in [6.45, 7) is 4.78. The Labute approximate surface area is 82.3 Å². The molecule has 0 bridgehead atoms. The standard InChI is InChI=1S/C12H23N/c1-9-4-3-5-11(8-9)13-12-7-6-10(12)2/h9-13H,3-8H2,1-2H3. The first-order valence-electron chi connectivity index (χ1n) is 6.01. The van der Waals surface area contributed by atoms with Crippen LogP contribution in [0.25, 0.3) is 0 Å². The average Bonchev–Trinajstić information content (AvgIpc) is 2.12. The van der Waals surface area contributed by atoms with Crippen LogP contribution in [0.5, 0.6) is 0 Å². The Balaban J connectivity index is 1.74. The third-order valence-electron chi connectivity index (χ3n) is 4.01. The second kappa shape index (κ2) is 4.00. The lowest BCUT2D eigenvalue weighted by molar-refractivity contribution is 0.180. The second-order valence-corrected chi connectivity index (χ2v) is 5.30. The SMILES string of the molecule is CC1CCCC(NC2CCC2C)C1. The molecule has 0 aromatic carbocycles. The van der Waals surface area contributed by atoms with E-state index in [1.165, 1.54) is 38.5 Å². The summed E-state index contributed by atoms with van der Waals surface area (Å²) in [5, 5.41) is 3.84. The normalized spacial score (nSPS) is 45.7. The van der Waals surface area contributed by atoms with E-state index in [1.807, 2.05) is 0 Å². The van der Waals surface area contributed by atoms with Crippen LogP contribution in [-0.4, -0.2) is 12.1 Å². The van der Waals surface area contributed by atoms with Crippen molar-refractivity contribution in [3.8, 4) is 0 Å². The molecule has 0 aromatic heterocycles. The van der Waals surface area contributed by atoms with Crippen LogP contribution in [0, 0.1) is 11.8 Å². The van der Waals surface area contributed by atoms with Crippen LogP contribution in [0.4, 0.5) is 0 Å². The third kappa shape index (κ3) is 2.25. The lowest BCUT2D eigenvalue weighted by atomic mass is 9.79. The van der Waals surface area contributed by atoms with Crippen LogP contribution >= 0.6 is 0 Å². The van der Waals surface area contributed by atoms with E-state index in [0.717, 1.165) is 23.9 Å². The summed E-state index contributed by atoms with van der Waals surface area (Å²) in [5.74, 6) is 1.90. The van der Waals surface area contributed by atoms with Gasteiger partial charge in [0.2, 0.25) is 0 Å². The predicted octanol–water partition coefficient (Wildman–Crippen LogP) is 2.95. The van der Waals surface area contributed by atoms with Gasteiger partial charge in [-0.05, 0) is 37.5 Å². The molecule has 2 rings (SSSR count). The summed E-state index contributed by atoms with van der Waals surface area (Å²) >= 11 is 0. The van der Waals surface area contributed by atoms with E-state index < -0.39 is 0 Å². The van der Waals surface area contributed by atoms with Gasteiger partial charge in [-0.3, -0.25) is 0 Å². The summed E-state index contributed by atoms with van der Waals surface area (Å²) < 4.78 is 0. The summed E-state index contributed by atoms with van der Waals surface area (Å²) in [5.41, 5.74) is 0. The fraction of sp³-hybridized carbons (Fsp3) is 1.00. The van der Waals surface area contributed by atoms with Crippen LogP contribution in [0.3, 0.4) is 0 Å². The lowest BCUT2D eigenvalue weighted by Gasteiger charge is -2.39. The first-order valence-corrected chi connectivity index (χ1v) is 6.01. The molecule has 13 heavy (non-hydrogen) atoms. The van der Waals surface area contributed by atoms with Gasteiger partial charge in [0.15, 0.2) is 0 Å². The minimum atomic E-state index is 0.844. The van der Waals surface area contributed by atoms with Crippen molar-refractivity contribution in [3.63, 3.8) is 0 Å². The topological polar surface area (TPSA) is 12.0 Å². The van der Waals surface area contributed by atoms with Gasteiger partial charge in [0.25, 0.3) is 0 Å². The summed E-state index contributed by atoms with van der Waals surface area (Å²) in [4.78, 5) is 0. The molecule has 0 heterocycles. The monoisotopic (exact) mass is 181 g/mol. The van der Waals surface area contributed by atoms with Gasteiger partial charge in [-0.25, -0.2) is 0 Å². The Kier molecular flexibility index (Phi) is 2.92. The fourth-order valence-corrected chi connectivity index (χ4v) is 2.80. The van der Waals surface area contributed by atoms with Crippen LogP contribution in [0.2, 0.25) is 0 Å². The van der Waals surface area contributed by atoms with Gasteiger partial charge >= 0.3 is 0 Å². The van der Waals surface area contributed by atoms with E-state index in [2.05, 4.69) is 19.2 Å². The Hall–Kier alpha value is -0.0400. The molecule has 2 aliphatic carbocycles. The van der Waals surface area contributed by atoms with Crippen LogP contribution in [-0.2, 0) is 0 Å². The van der Waals surface area contributed by atoms with Crippen molar-refractivity contribution < 1.29 is 0 Å². The maximum absolute atomic E-state index is 3.84. The van der Waals surface area contributed by atoms with Crippen molar-refractivity contribution in [2.45, 2.75) is 64.5 Å². The van der Waals surface area contributed by atoms with Gasteiger partial charge in [0.05, 0.1) is 0 Å². The number of nitrogens with one attached hydrogen (secondary N) is 1. The molecule has 0 saturated heterocycles. The highest BCUT2D eigenvalue weighted by molar-refractivity contribution is 4.88. The van der Waals surface area contributed by atoms with E-state index in [-0.39, 0.29) is 0 Å². The van der Waals surface area contributed by atoms with E-state index >= 15 is 0 Å². The molecule has 1 nitrogen and oxygen atoms in total. The van der Waals surface area contributed by atoms with E-state index in [0.29, 0.717) is 0 Å². The number of rotatable bonds is 2. The molecule has 4 atom stereocenters. The van der Waals surface area contributed by atoms with E-state index in [9.17, 15) is 0 Å². The number of hydrogen-bond donors (Lipinski definition) is 1. The average molecular weight is 181 g/mol. The van der Waals surface area contributed by atoms with E-state index in [1.54, 1.807) is 0 Å². The minimum Gasteiger partial charge on any atom is -0.311 e. The highest BCUT2D eigenvalue weighted by Gasteiger charge is 2.29.